The maximum atomic E-state index is 11.8. The number of carbonyl (C=O) groups excluding carboxylic acids is 1. The Morgan fingerprint density at radius 2 is 1.79 bits per heavy atom. The minimum absolute atomic E-state index is 0.0267. The summed E-state index contributed by atoms with van der Waals surface area (Å²) in [6.07, 6.45) is 0.972. The largest absolute Gasteiger partial charge is 0.481 e. The second-order valence-electron chi connectivity index (χ2n) is 4.75. The van der Waals surface area contributed by atoms with Crippen molar-refractivity contribution in [3.05, 3.63) is 29.8 Å². The second kappa shape index (κ2) is 6.92. The minimum atomic E-state index is -0.950. The van der Waals surface area contributed by atoms with Crippen LogP contribution in [0.2, 0.25) is 0 Å². The fourth-order valence-corrected chi connectivity index (χ4v) is 1.79. The molecule has 4 heteroatoms. The molecule has 0 aliphatic heterocycles. The van der Waals surface area contributed by atoms with Gasteiger partial charge in [0.05, 0.1) is 6.42 Å². The molecule has 0 aliphatic carbocycles. The Balaban J connectivity index is 2.69. The Morgan fingerprint density at radius 1 is 1.21 bits per heavy atom. The van der Waals surface area contributed by atoms with E-state index in [1.807, 2.05) is 24.3 Å². The molecule has 0 saturated heterocycles. The standard InChI is InChI=1S/C15H21NO3/c1-4-11(2)12-5-7-13(8-6-12)16(3)14(17)9-10-15(18)19/h5-8,11H,4,9-10H2,1-3H3,(H,18,19). The van der Waals surface area contributed by atoms with E-state index in [9.17, 15) is 9.59 Å². The highest BCUT2D eigenvalue weighted by molar-refractivity contribution is 5.94. The lowest BCUT2D eigenvalue weighted by Gasteiger charge is -2.18. The lowest BCUT2D eigenvalue weighted by Crippen LogP contribution is -2.26. The Kier molecular flexibility index (Phi) is 5.55. The SMILES string of the molecule is CCC(C)c1ccc(N(C)C(=O)CCC(=O)O)cc1. The van der Waals surface area contributed by atoms with Crippen LogP contribution in [0.5, 0.6) is 0 Å². The number of aliphatic carboxylic acids is 1. The zero-order valence-electron chi connectivity index (χ0n) is 11.7. The van der Waals surface area contributed by atoms with Gasteiger partial charge in [0.1, 0.15) is 0 Å². The molecule has 1 amide bonds. The maximum Gasteiger partial charge on any atom is 0.303 e. The first-order valence-corrected chi connectivity index (χ1v) is 6.54. The Morgan fingerprint density at radius 3 is 2.26 bits per heavy atom. The molecule has 0 aliphatic rings. The van der Waals surface area contributed by atoms with Crippen LogP contribution in [-0.2, 0) is 9.59 Å². The van der Waals surface area contributed by atoms with Gasteiger partial charge in [-0.2, -0.15) is 0 Å². The molecular weight excluding hydrogens is 242 g/mol. The van der Waals surface area contributed by atoms with Crippen molar-refractivity contribution in [3.8, 4) is 0 Å². The number of carboxylic acids is 1. The van der Waals surface area contributed by atoms with Crippen molar-refractivity contribution in [1.82, 2.24) is 0 Å². The molecule has 1 unspecified atom stereocenters. The van der Waals surface area contributed by atoms with Gasteiger partial charge in [-0.25, -0.2) is 0 Å². The third-order valence-corrected chi connectivity index (χ3v) is 3.39. The molecule has 1 atom stereocenters. The first kappa shape index (κ1) is 15.2. The fourth-order valence-electron chi connectivity index (χ4n) is 1.79. The summed E-state index contributed by atoms with van der Waals surface area (Å²) < 4.78 is 0. The summed E-state index contributed by atoms with van der Waals surface area (Å²) in [6.45, 7) is 4.30. The summed E-state index contributed by atoms with van der Waals surface area (Å²) in [6, 6.07) is 7.84. The van der Waals surface area contributed by atoms with E-state index in [2.05, 4.69) is 13.8 Å². The van der Waals surface area contributed by atoms with Crippen molar-refractivity contribution in [1.29, 1.82) is 0 Å². The van der Waals surface area contributed by atoms with Crippen LogP contribution in [0, 0.1) is 0 Å². The van der Waals surface area contributed by atoms with Crippen LogP contribution in [0.3, 0.4) is 0 Å². The molecule has 1 aromatic rings. The van der Waals surface area contributed by atoms with Crippen LogP contribution in [0.1, 0.15) is 44.6 Å². The second-order valence-corrected chi connectivity index (χ2v) is 4.75. The molecule has 1 aromatic carbocycles. The number of carbonyl (C=O) groups is 2. The predicted molar refractivity (Wildman–Crippen MR) is 75.4 cm³/mol. The number of hydrogen-bond donors (Lipinski definition) is 1. The first-order valence-electron chi connectivity index (χ1n) is 6.54. The maximum absolute atomic E-state index is 11.8. The van der Waals surface area contributed by atoms with Crippen LogP contribution >= 0.6 is 0 Å². The molecule has 0 radical (unpaired) electrons. The van der Waals surface area contributed by atoms with E-state index in [0.717, 1.165) is 12.1 Å². The molecule has 0 saturated carbocycles. The van der Waals surface area contributed by atoms with E-state index >= 15 is 0 Å². The summed E-state index contributed by atoms with van der Waals surface area (Å²) in [7, 11) is 1.67. The van der Waals surface area contributed by atoms with Crippen molar-refractivity contribution >= 4 is 17.6 Å². The number of benzene rings is 1. The third-order valence-electron chi connectivity index (χ3n) is 3.39. The lowest BCUT2D eigenvalue weighted by atomic mass is 9.98. The van der Waals surface area contributed by atoms with Gasteiger partial charge in [-0.1, -0.05) is 26.0 Å². The average molecular weight is 263 g/mol. The van der Waals surface area contributed by atoms with E-state index in [-0.39, 0.29) is 18.7 Å². The number of rotatable bonds is 6. The summed E-state index contributed by atoms with van der Waals surface area (Å²) in [5.41, 5.74) is 2.04. The number of carboxylic acid groups (broad SMARTS) is 1. The Labute approximate surface area is 114 Å². The molecule has 0 fully saturated rings. The van der Waals surface area contributed by atoms with Gasteiger partial charge in [0.25, 0.3) is 0 Å². The van der Waals surface area contributed by atoms with E-state index in [0.29, 0.717) is 5.92 Å². The van der Waals surface area contributed by atoms with E-state index in [1.165, 1.54) is 10.5 Å². The molecule has 0 heterocycles. The molecule has 0 bridgehead atoms. The van der Waals surface area contributed by atoms with Crippen molar-refractivity contribution in [2.24, 2.45) is 0 Å². The molecule has 0 aromatic heterocycles. The first-order chi connectivity index (χ1) is 8.95. The van der Waals surface area contributed by atoms with Crippen LogP contribution < -0.4 is 4.90 Å². The highest BCUT2D eigenvalue weighted by Crippen LogP contribution is 2.22. The molecule has 0 spiro atoms. The topological polar surface area (TPSA) is 57.6 Å². The monoisotopic (exact) mass is 263 g/mol. The van der Waals surface area contributed by atoms with Gasteiger partial charge in [0.15, 0.2) is 0 Å². The van der Waals surface area contributed by atoms with E-state index < -0.39 is 5.97 Å². The number of nitrogens with zero attached hydrogens (tertiary/aromatic N) is 1. The number of amides is 1. The van der Waals surface area contributed by atoms with Gasteiger partial charge in [0.2, 0.25) is 5.91 Å². The summed E-state index contributed by atoms with van der Waals surface area (Å²) >= 11 is 0. The summed E-state index contributed by atoms with van der Waals surface area (Å²) in [5.74, 6) is -0.630. The highest BCUT2D eigenvalue weighted by atomic mass is 16.4. The average Bonchev–Trinajstić information content (AvgIpc) is 2.43. The van der Waals surface area contributed by atoms with Crippen molar-refractivity contribution in [2.45, 2.75) is 39.0 Å². The lowest BCUT2D eigenvalue weighted by molar-refractivity contribution is -0.138. The smallest absolute Gasteiger partial charge is 0.303 e. The quantitative estimate of drug-likeness (QED) is 0.858. The van der Waals surface area contributed by atoms with Gasteiger partial charge < -0.3 is 10.0 Å². The zero-order valence-corrected chi connectivity index (χ0v) is 11.7. The van der Waals surface area contributed by atoms with Crippen molar-refractivity contribution in [2.75, 3.05) is 11.9 Å². The van der Waals surface area contributed by atoms with E-state index in [4.69, 9.17) is 5.11 Å². The van der Waals surface area contributed by atoms with Crippen molar-refractivity contribution in [3.63, 3.8) is 0 Å². The third kappa shape index (κ3) is 4.39. The van der Waals surface area contributed by atoms with Crippen molar-refractivity contribution < 1.29 is 14.7 Å². The zero-order chi connectivity index (χ0) is 14.4. The highest BCUT2D eigenvalue weighted by Gasteiger charge is 2.13. The van der Waals surface area contributed by atoms with Gasteiger partial charge >= 0.3 is 5.97 Å². The van der Waals surface area contributed by atoms with Gasteiger partial charge in [0, 0.05) is 19.2 Å². The van der Waals surface area contributed by atoms with Gasteiger partial charge in [-0.3, -0.25) is 9.59 Å². The van der Waals surface area contributed by atoms with Crippen LogP contribution in [0.15, 0.2) is 24.3 Å². The Hall–Kier alpha value is -1.84. The number of anilines is 1. The van der Waals surface area contributed by atoms with Crippen LogP contribution in [0.4, 0.5) is 5.69 Å². The molecule has 4 nitrogen and oxygen atoms in total. The predicted octanol–water partition coefficient (Wildman–Crippen LogP) is 3.03. The molecule has 1 rings (SSSR count). The minimum Gasteiger partial charge on any atom is -0.481 e. The van der Waals surface area contributed by atoms with Crippen LogP contribution in [-0.4, -0.2) is 24.0 Å². The fraction of sp³-hybridized carbons (Fsp3) is 0.467. The number of hydrogen-bond acceptors (Lipinski definition) is 2. The summed E-state index contributed by atoms with van der Waals surface area (Å²) in [5, 5.41) is 8.57. The normalized spacial score (nSPS) is 11.9. The molecule has 104 valence electrons. The van der Waals surface area contributed by atoms with E-state index in [1.54, 1.807) is 7.05 Å². The molecule has 19 heavy (non-hydrogen) atoms. The Bertz CT molecular complexity index is 439. The molecule has 1 N–H and O–H groups in total. The van der Waals surface area contributed by atoms with Gasteiger partial charge in [-0.05, 0) is 30.0 Å². The van der Waals surface area contributed by atoms with Crippen LogP contribution in [0.25, 0.3) is 0 Å². The summed E-state index contributed by atoms with van der Waals surface area (Å²) in [4.78, 5) is 23.7. The molecular formula is C15H21NO3. The van der Waals surface area contributed by atoms with Gasteiger partial charge in [-0.15, -0.1) is 0 Å².